The fraction of sp³-hybridized carbons (Fsp3) is 0.368. The Labute approximate surface area is 156 Å². The van der Waals surface area contributed by atoms with Crippen molar-refractivity contribution in [1.82, 2.24) is 14.3 Å². The average molecular weight is 370 g/mol. The summed E-state index contributed by atoms with van der Waals surface area (Å²) in [6.45, 7) is 6.07. The summed E-state index contributed by atoms with van der Waals surface area (Å²) < 4.78 is 7.43. The molecule has 3 heterocycles. The van der Waals surface area contributed by atoms with Crippen molar-refractivity contribution >= 4 is 27.9 Å². The molecule has 6 nitrogen and oxygen atoms in total. The highest BCUT2D eigenvalue weighted by molar-refractivity contribution is 7.15. The summed E-state index contributed by atoms with van der Waals surface area (Å²) in [5.74, 6) is 0.875. The average Bonchev–Trinajstić information content (AvgIpc) is 3.17. The number of imidazole rings is 1. The first-order chi connectivity index (χ1) is 12.6. The van der Waals surface area contributed by atoms with Gasteiger partial charge in [-0.05, 0) is 26.0 Å². The molecule has 0 aliphatic carbocycles. The summed E-state index contributed by atoms with van der Waals surface area (Å²) in [5, 5.41) is 2.04. The minimum Gasteiger partial charge on any atom is -0.497 e. The zero-order valence-electron chi connectivity index (χ0n) is 15.2. The van der Waals surface area contributed by atoms with Crippen LogP contribution < -0.4 is 9.64 Å². The number of amides is 1. The molecule has 0 bridgehead atoms. The molecule has 1 aliphatic heterocycles. The Bertz CT molecular complexity index is 948. The number of aromatic nitrogens is 2. The van der Waals surface area contributed by atoms with E-state index in [0.717, 1.165) is 40.9 Å². The normalized spacial score (nSPS) is 18.7. The molecule has 2 aromatic heterocycles. The second-order valence-corrected chi connectivity index (χ2v) is 7.56. The van der Waals surface area contributed by atoms with Gasteiger partial charge in [-0.25, -0.2) is 4.98 Å². The van der Waals surface area contributed by atoms with Crippen LogP contribution >= 0.6 is 11.3 Å². The van der Waals surface area contributed by atoms with Crippen LogP contribution in [0.4, 0.5) is 5.69 Å². The van der Waals surface area contributed by atoms with E-state index in [1.807, 2.05) is 47.7 Å². The molecule has 1 amide bonds. The third-order valence-corrected chi connectivity index (χ3v) is 5.61. The number of hydrogen-bond donors (Lipinski definition) is 0. The van der Waals surface area contributed by atoms with Crippen LogP contribution in [0.5, 0.6) is 5.75 Å². The molecule has 1 saturated heterocycles. The zero-order valence-corrected chi connectivity index (χ0v) is 16.0. The first-order valence-corrected chi connectivity index (χ1v) is 9.54. The number of nitrogens with zero attached hydrogens (tertiary/aromatic N) is 4. The minimum absolute atomic E-state index is 0.0922. The van der Waals surface area contributed by atoms with E-state index in [1.54, 1.807) is 18.4 Å². The number of methoxy groups -OCH3 is 1. The molecule has 0 radical (unpaired) electrons. The summed E-state index contributed by atoms with van der Waals surface area (Å²) in [6.07, 6.45) is 2.05. The quantitative estimate of drug-likeness (QED) is 0.709. The number of ether oxygens (including phenoxy) is 1. The molecule has 7 heteroatoms. The standard InChI is InChI=1S/C19H22N4O2S/c1-13-10-21(11-17-14(2)20-19-22(17)7-8-26-19)12-18(24)23(13)15-5-4-6-16(9-15)25-3/h4-9,13H,10-12H2,1-3H3. The lowest BCUT2D eigenvalue weighted by Gasteiger charge is -2.39. The number of benzene rings is 1. The molecule has 4 rings (SSSR count). The first-order valence-electron chi connectivity index (χ1n) is 8.66. The minimum atomic E-state index is 0.0922. The predicted octanol–water partition coefficient (Wildman–Crippen LogP) is 2.95. The number of aryl methyl sites for hydroxylation is 1. The highest BCUT2D eigenvalue weighted by Gasteiger charge is 2.31. The van der Waals surface area contributed by atoms with Gasteiger partial charge in [0.25, 0.3) is 0 Å². The van der Waals surface area contributed by atoms with E-state index in [-0.39, 0.29) is 11.9 Å². The van der Waals surface area contributed by atoms with Crippen LogP contribution in [0, 0.1) is 6.92 Å². The molecular formula is C19H22N4O2S. The van der Waals surface area contributed by atoms with Crippen LogP contribution in [0.25, 0.3) is 4.96 Å². The lowest BCUT2D eigenvalue weighted by Crippen LogP contribution is -2.55. The van der Waals surface area contributed by atoms with Gasteiger partial charge in [0.15, 0.2) is 4.96 Å². The lowest BCUT2D eigenvalue weighted by atomic mass is 10.1. The summed E-state index contributed by atoms with van der Waals surface area (Å²) >= 11 is 1.63. The Balaban J connectivity index is 1.54. The Hall–Kier alpha value is -2.38. The monoisotopic (exact) mass is 370 g/mol. The van der Waals surface area contributed by atoms with E-state index in [0.29, 0.717) is 6.54 Å². The van der Waals surface area contributed by atoms with Crippen molar-refractivity contribution in [2.24, 2.45) is 0 Å². The molecule has 1 fully saturated rings. The highest BCUT2D eigenvalue weighted by atomic mass is 32.1. The van der Waals surface area contributed by atoms with Crippen LogP contribution in [0.1, 0.15) is 18.3 Å². The number of piperazine rings is 1. The molecule has 0 N–H and O–H groups in total. The maximum absolute atomic E-state index is 12.9. The van der Waals surface area contributed by atoms with Crippen LogP contribution in [0.15, 0.2) is 35.8 Å². The number of carbonyl (C=O) groups excluding carboxylic acids is 1. The predicted molar refractivity (Wildman–Crippen MR) is 103 cm³/mol. The Morgan fingerprint density at radius 2 is 2.23 bits per heavy atom. The highest BCUT2D eigenvalue weighted by Crippen LogP contribution is 2.26. The smallest absolute Gasteiger partial charge is 0.241 e. The van der Waals surface area contributed by atoms with E-state index in [9.17, 15) is 4.79 Å². The number of rotatable bonds is 4. The molecular weight excluding hydrogens is 348 g/mol. The number of hydrogen-bond acceptors (Lipinski definition) is 5. The van der Waals surface area contributed by atoms with Crippen molar-refractivity contribution in [3.63, 3.8) is 0 Å². The van der Waals surface area contributed by atoms with Crippen LogP contribution in [0.3, 0.4) is 0 Å². The number of anilines is 1. The third-order valence-electron chi connectivity index (χ3n) is 4.86. The summed E-state index contributed by atoms with van der Waals surface area (Å²) in [5.41, 5.74) is 3.09. The number of carbonyl (C=O) groups is 1. The van der Waals surface area contributed by atoms with E-state index in [2.05, 4.69) is 21.2 Å². The SMILES string of the molecule is COc1cccc(N2C(=O)CN(Cc3c(C)nc4sccn34)CC2C)c1. The van der Waals surface area contributed by atoms with E-state index in [4.69, 9.17) is 4.74 Å². The molecule has 1 unspecified atom stereocenters. The first kappa shape index (κ1) is 17.1. The van der Waals surface area contributed by atoms with Gasteiger partial charge in [-0.15, -0.1) is 11.3 Å². The van der Waals surface area contributed by atoms with Crippen molar-refractivity contribution in [2.45, 2.75) is 26.4 Å². The van der Waals surface area contributed by atoms with Gasteiger partial charge in [0.1, 0.15) is 5.75 Å². The van der Waals surface area contributed by atoms with Gasteiger partial charge in [0.05, 0.1) is 25.0 Å². The number of thiazole rings is 1. The fourth-order valence-corrected chi connectivity index (χ4v) is 4.43. The van der Waals surface area contributed by atoms with E-state index in [1.165, 1.54) is 0 Å². The van der Waals surface area contributed by atoms with Gasteiger partial charge in [-0.1, -0.05) is 6.07 Å². The Morgan fingerprint density at radius 1 is 1.38 bits per heavy atom. The second kappa shape index (κ2) is 6.74. The van der Waals surface area contributed by atoms with Gasteiger partial charge in [0.2, 0.25) is 5.91 Å². The lowest BCUT2D eigenvalue weighted by molar-refractivity contribution is -0.122. The third kappa shape index (κ3) is 2.97. The molecule has 136 valence electrons. The second-order valence-electron chi connectivity index (χ2n) is 6.68. The van der Waals surface area contributed by atoms with Crippen LogP contribution in [-0.4, -0.2) is 46.4 Å². The summed E-state index contributed by atoms with van der Waals surface area (Å²) in [6, 6.07) is 7.78. The largest absolute Gasteiger partial charge is 0.497 e. The van der Waals surface area contributed by atoms with E-state index >= 15 is 0 Å². The molecule has 0 spiro atoms. The number of fused-ring (bicyclic) bond motifs is 1. The fourth-order valence-electron chi connectivity index (χ4n) is 3.66. The maximum Gasteiger partial charge on any atom is 0.241 e. The van der Waals surface area contributed by atoms with Crippen molar-refractivity contribution in [3.8, 4) is 5.75 Å². The van der Waals surface area contributed by atoms with Crippen molar-refractivity contribution in [3.05, 3.63) is 47.2 Å². The van der Waals surface area contributed by atoms with E-state index < -0.39 is 0 Å². The molecule has 3 aromatic rings. The molecule has 1 atom stereocenters. The zero-order chi connectivity index (χ0) is 18.3. The molecule has 26 heavy (non-hydrogen) atoms. The molecule has 0 saturated carbocycles. The maximum atomic E-state index is 12.9. The van der Waals surface area contributed by atoms with Crippen LogP contribution in [0.2, 0.25) is 0 Å². The van der Waals surface area contributed by atoms with Crippen molar-refractivity contribution in [2.75, 3.05) is 25.1 Å². The van der Waals surface area contributed by atoms with Gasteiger partial charge < -0.3 is 9.64 Å². The Morgan fingerprint density at radius 3 is 3.00 bits per heavy atom. The van der Waals surface area contributed by atoms with Crippen LogP contribution in [-0.2, 0) is 11.3 Å². The van der Waals surface area contributed by atoms with Gasteiger partial charge in [-0.2, -0.15) is 0 Å². The molecule has 1 aromatic carbocycles. The summed E-state index contributed by atoms with van der Waals surface area (Å²) in [4.78, 5) is 22.6. The van der Waals surface area contributed by atoms with Gasteiger partial charge in [-0.3, -0.25) is 14.1 Å². The summed E-state index contributed by atoms with van der Waals surface area (Å²) in [7, 11) is 1.64. The molecule has 1 aliphatic rings. The van der Waals surface area contributed by atoms with Crippen molar-refractivity contribution < 1.29 is 9.53 Å². The van der Waals surface area contributed by atoms with Gasteiger partial charge in [0, 0.05) is 42.5 Å². The van der Waals surface area contributed by atoms with Gasteiger partial charge >= 0.3 is 0 Å². The van der Waals surface area contributed by atoms with Crippen molar-refractivity contribution in [1.29, 1.82) is 0 Å². The Kier molecular flexibility index (Phi) is 4.42. The topological polar surface area (TPSA) is 50.1 Å².